The number of carboxylic acids is 1. The molecular formula is C19H22N2O4. The van der Waals surface area contributed by atoms with Crippen molar-refractivity contribution < 1.29 is 19.4 Å². The fourth-order valence-electron chi connectivity index (χ4n) is 2.21. The first-order valence-electron chi connectivity index (χ1n) is 8.19. The zero-order chi connectivity index (χ0) is 18.1. The van der Waals surface area contributed by atoms with Crippen LogP contribution in [0.4, 0.5) is 0 Å². The molecule has 0 radical (unpaired) electrons. The third-order valence-electron chi connectivity index (χ3n) is 3.58. The summed E-state index contributed by atoms with van der Waals surface area (Å²) in [6, 6.07) is 11.0. The fraction of sp³-hybridized carbons (Fsp3) is 0.316. The number of nitrogens with one attached hydrogen (secondary N) is 1. The molecule has 0 fully saturated rings. The van der Waals surface area contributed by atoms with E-state index < -0.39 is 5.97 Å². The average molecular weight is 342 g/mol. The molecule has 132 valence electrons. The van der Waals surface area contributed by atoms with E-state index in [1.807, 2.05) is 31.2 Å². The zero-order valence-electron chi connectivity index (χ0n) is 14.2. The van der Waals surface area contributed by atoms with Crippen molar-refractivity contribution in [3.8, 4) is 5.75 Å². The molecular weight excluding hydrogens is 320 g/mol. The van der Waals surface area contributed by atoms with Gasteiger partial charge in [-0.2, -0.15) is 0 Å². The maximum Gasteiger partial charge on any atom is 0.303 e. The first kappa shape index (κ1) is 18.4. The summed E-state index contributed by atoms with van der Waals surface area (Å²) < 4.78 is 5.67. The molecule has 0 spiro atoms. The fourth-order valence-corrected chi connectivity index (χ4v) is 2.21. The van der Waals surface area contributed by atoms with Crippen LogP contribution in [0.15, 0.2) is 42.6 Å². The van der Waals surface area contributed by atoms with Gasteiger partial charge in [-0.05, 0) is 49.6 Å². The van der Waals surface area contributed by atoms with Gasteiger partial charge in [0.2, 0.25) is 0 Å². The van der Waals surface area contributed by atoms with Crippen LogP contribution in [0.1, 0.15) is 40.9 Å². The summed E-state index contributed by atoms with van der Waals surface area (Å²) in [5, 5.41) is 11.4. The van der Waals surface area contributed by atoms with E-state index in [9.17, 15) is 9.59 Å². The van der Waals surface area contributed by atoms with Gasteiger partial charge in [-0.15, -0.1) is 0 Å². The van der Waals surface area contributed by atoms with Gasteiger partial charge >= 0.3 is 5.97 Å². The van der Waals surface area contributed by atoms with Crippen LogP contribution in [-0.4, -0.2) is 28.5 Å². The molecule has 1 heterocycles. The topological polar surface area (TPSA) is 88.5 Å². The summed E-state index contributed by atoms with van der Waals surface area (Å²) in [5.41, 5.74) is 2.37. The molecule has 1 amide bonds. The van der Waals surface area contributed by atoms with Crippen molar-refractivity contribution >= 4 is 11.9 Å². The van der Waals surface area contributed by atoms with Gasteiger partial charge in [0.1, 0.15) is 12.4 Å². The number of nitrogens with zero attached hydrogens (tertiary/aromatic N) is 1. The summed E-state index contributed by atoms with van der Waals surface area (Å²) in [5.74, 6) is -0.309. The van der Waals surface area contributed by atoms with Crippen molar-refractivity contribution in [2.24, 2.45) is 0 Å². The molecule has 6 nitrogen and oxygen atoms in total. The van der Waals surface area contributed by atoms with Gasteiger partial charge in [0.25, 0.3) is 5.91 Å². The van der Waals surface area contributed by atoms with Crippen LogP contribution in [0.5, 0.6) is 5.75 Å². The van der Waals surface area contributed by atoms with E-state index in [0.29, 0.717) is 37.3 Å². The van der Waals surface area contributed by atoms with E-state index in [2.05, 4.69) is 10.3 Å². The Labute approximate surface area is 146 Å². The number of hydrogen-bond donors (Lipinski definition) is 2. The highest BCUT2D eigenvalue weighted by Gasteiger charge is 2.06. The Balaban J connectivity index is 1.82. The van der Waals surface area contributed by atoms with Crippen LogP contribution in [-0.2, 0) is 11.4 Å². The summed E-state index contributed by atoms with van der Waals surface area (Å²) >= 11 is 0. The van der Waals surface area contributed by atoms with Gasteiger partial charge in [-0.25, -0.2) is 0 Å². The molecule has 0 saturated heterocycles. The predicted molar refractivity (Wildman–Crippen MR) is 93.6 cm³/mol. The van der Waals surface area contributed by atoms with Gasteiger partial charge < -0.3 is 15.2 Å². The average Bonchev–Trinajstić information content (AvgIpc) is 2.61. The molecule has 2 rings (SSSR count). The normalized spacial score (nSPS) is 10.3. The van der Waals surface area contributed by atoms with Crippen LogP contribution in [0, 0.1) is 6.92 Å². The largest absolute Gasteiger partial charge is 0.487 e. The molecule has 1 aromatic carbocycles. The molecule has 2 aromatic rings. The first-order chi connectivity index (χ1) is 12.0. The zero-order valence-corrected chi connectivity index (χ0v) is 14.2. The Morgan fingerprint density at radius 2 is 2.04 bits per heavy atom. The van der Waals surface area contributed by atoms with Gasteiger partial charge in [0, 0.05) is 24.2 Å². The Hall–Kier alpha value is -2.89. The second-order valence-electron chi connectivity index (χ2n) is 5.73. The van der Waals surface area contributed by atoms with E-state index in [1.54, 1.807) is 18.3 Å². The molecule has 0 aliphatic heterocycles. The molecule has 0 aliphatic carbocycles. The summed E-state index contributed by atoms with van der Waals surface area (Å²) in [7, 11) is 0. The second-order valence-corrected chi connectivity index (χ2v) is 5.73. The lowest BCUT2D eigenvalue weighted by Gasteiger charge is -2.08. The van der Waals surface area contributed by atoms with E-state index in [1.165, 1.54) is 0 Å². The predicted octanol–water partition coefficient (Wildman–Crippen LogP) is 2.95. The number of carbonyl (C=O) groups is 2. The van der Waals surface area contributed by atoms with Crippen LogP contribution in [0.25, 0.3) is 0 Å². The molecule has 0 aliphatic rings. The van der Waals surface area contributed by atoms with Gasteiger partial charge in [0.05, 0.1) is 6.20 Å². The Morgan fingerprint density at radius 3 is 2.76 bits per heavy atom. The van der Waals surface area contributed by atoms with Crippen LogP contribution in [0.3, 0.4) is 0 Å². The Morgan fingerprint density at radius 1 is 1.20 bits per heavy atom. The van der Waals surface area contributed by atoms with Crippen LogP contribution >= 0.6 is 0 Å². The number of carboxylic acid groups (broad SMARTS) is 1. The van der Waals surface area contributed by atoms with Crippen molar-refractivity contribution in [2.75, 3.05) is 6.54 Å². The number of aromatic nitrogens is 1. The number of rotatable bonds is 9. The standard InChI is InChI=1S/C19H22N2O4/c1-14-8-9-17(12-21-14)25-13-15-5-4-6-16(11-15)19(24)20-10-3-2-7-18(22)23/h4-6,8-9,11-12H,2-3,7,10,13H2,1H3,(H,20,24)(H,22,23). The van der Waals surface area contributed by atoms with Gasteiger partial charge in [-0.3, -0.25) is 14.6 Å². The highest BCUT2D eigenvalue weighted by atomic mass is 16.5. The maximum absolute atomic E-state index is 12.1. The second kappa shape index (κ2) is 9.42. The first-order valence-corrected chi connectivity index (χ1v) is 8.19. The number of carbonyl (C=O) groups excluding carboxylic acids is 1. The molecule has 1 aromatic heterocycles. The van der Waals surface area contributed by atoms with Crippen molar-refractivity contribution in [1.82, 2.24) is 10.3 Å². The number of ether oxygens (including phenoxy) is 1. The monoisotopic (exact) mass is 342 g/mol. The van der Waals surface area contributed by atoms with E-state index in [-0.39, 0.29) is 12.3 Å². The number of hydrogen-bond acceptors (Lipinski definition) is 4. The third-order valence-corrected chi connectivity index (χ3v) is 3.58. The lowest BCUT2D eigenvalue weighted by atomic mass is 10.1. The molecule has 0 saturated carbocycles. The van der Waals surface area contributed by atoms with Crippen molar-refractivity contribution in [1.29, 1.82) is 0 Å². The molecule has 25 heavy (non-hydrogen) atoms. The number of amides is 1. The highest BCUT2D eigenvalue weighted by Crippen LogP contribution is 2.13. The molecule has 0 atom stereocenters. The maximum atomic E-state index is 12.1. The molecule has 0 bridgehead atoms. The van der Waals surface area contributed by atoms with Crippen LogP contribution in [0.2, 0.25) is 0 Å². The quantitative estimate of drug-likeness (QED) is 0.684. The number of unbranched alkanes of at least 4 members (excludes halogenated alkanes) is 1. The summed E-state index contributed by atoms with van der Waals surface area (Å²) in [6.07, 6.45) is 2.98. The van der Waals surface area contributed by atoms with Crippen molar-refractivity contribution in [3.63, 3.8) is 0 Å². The highest BCUT2D eigenvalue weighted by molar-refractivity contribution is 5.94. The van der Waals surface area contributed by atoms with Crippen molar-refractivity contribution in [3.05, 3.63) is 59.4 Å². The molecule has 2 N–H and O–H groups in total. The van der Waals surface area contributed by atoms with E-state index in [0.717, 1.165) is 11.3 Å². The summed E-state index contributed by atoms with van der Waals surface area (Å²) in [6.45, 7) is 2.72. The van der Waals surface area contributed by atoms with Crippen molar-refractivity contribution in [2.45, 2.75) is 32.8 Å². The SMILES string of the molecule is Cc1ccc(OCc2cccc(C(=O)NCCCCC(=O)O)c2)cn1. The number of benzene rings is 1. The minimum Gasteiger partial charge on any atom is -0.487 e. The Bertz CT molecular complexity index is 714. The summed E-state index contributed by atoms with van der Waals surface area (Å²) in [4.78, 5) is 26.7. The van der Waals surface area contributed by atoms with Gasteiger partial charge in [0.15, 0.2) is 0 Å². The smallest absolute Gasteiger partial charge is 0.303 e. The minimum absolute atomic E-state index is 0.122. The lowest BCUT2D eigenvalue weighted by Crippen LogP contribution is -2.24. The minimum atomic E-state index is -0.817. The lowest BCUT2D eigenvalue weighted by molar-refractivity contribution is -0.137. The third kappa shape index (κ3) is 6.63. The number of aryl methyl sites for hydroxylation is 1. The Kier molecular flexibility index (Phi) is 6.95. The number of pyridine rings is 1. The number of aliphatic carboxylic acids is 1. The van der Waals surface area contributed by atoms with E-state index in [4.69, 9.17) is 9.84 Å². The van der Waals surface area contributed by atoms with Gasteiger partial charge in [-0.1, -0.05) is 12.1 Å². The van der Waals surface area contributed by atoms with Crippen LogP contribution < -0.4 is 10.1 Å². The van der Waals surface area contributed by atoms with E-state index >= 15 is 0 Å². The molecule has 6 heteroatoms. The molecule has 0 unspecified atom stereocenters.